The Bertz CT molecular complexity index is 1520. The number of ether oxygens (including phenoxy) is 2. The predicted molar refractivity (Wildman–Crippen MR) is 173 cm³/mol. The summed E-state index contributed by atoms with van der Waals surface area (Å²) < 4.78 is 11.0. The number of carbonyl (C=O) groups is 4. The lowest BCUT2D eigenvalue weighted by molar-refractivity contribution is -0.148. The fourth-order valence-corrected chi connectivity index (χ4v) is 5.49. The maximum absolute atomic E-state index is 13.7. The van der Waals surface area contributed by atoms with Gasteiger partial charge in [-0.25, -0.2) is 24.8 Å². The Kier molecular flexibility index (Phi) is 11.4. The maximum atomic E-state index is 13.7. The number of carboxylic acids is 2. The van der Waals surface area contributed by atoms with E-state index in [1.165, 1.54) is 24.3 Å². The second-order valence-corrected chi connectivity index (χ2v) is 12.3. The van der Waals surface area contributed by atoms with Crippen molar-refractivity contribution in [3.63, 3.8) is 0 Å². The van der Waals surface area contributed by atoms with E-state index in [-0.39, 0.29) is 44.1 Å². The first-order valence-corrected chi connectivity index (χ1v) is 15.4. The number of hydrazine groups is 1. The van der Waals surface area contributed by atoms with Gasteiger partial charge in [-0.05, 0) is 80.0 Å². The fourth-order valence-electron chi connectivity index (χ4n) is 5.49. The fraction of sp³-hybridized carbons (Fsp3) is 0.371. The van der Waals surface area contributed by atoms with Crippen molar-refractivity contribution in [1.82, 2.24) is 15.8 Å². The molecule has 2 amide bonds. The van der Waals surface area contributed by atoms with Gasteiger partial charge in [0.15, 0.2) is 0 Å². The summed E-state index contributed by atoms with van der Waals surface area (Å²) >= 11 is 0. The first kappa shape index (κ1) is 34.8. The molecule has 0 spiro atoms. The van der Waals surface area contributed by atoms with Gasteiger partial charge in [0, 0.05) is 18.9 Å². The van der Waals surface area contributed by atoms with E-state index >= 15 is 0 Å². The third kappa shape index (κ3) is 9.46. The van der Waals surface area contributed by atoms with Crippen LogP contribution in [0.3, 0.4) is 0 Å². The second kappa shape index (κ2) is 15.5. The number of nitrogens with one attached hydrogen (secondary N) is 2. The molecule has 0 aliphatic heterocycles. The first-order valence-electron chi connectivity index (χ1n) is 15.4. The molecule has 5 N–H and O–H groups in total. The Hall–Kier alpha value is -5.10. The van der Waals surface area contributed by atoms with Crippen LogP contribution in [-0.4, -0.2) is 75.3 Å². The number of rotatable bonds is 14. The molecule has 0 saturated heterocycles. The van der Waals surface area contributed by atoms with Crippen LogP contribution in [0.15, 0.2) is 72.8 Å². The van der Waals surface area contributed by atoms with Crippen LogP contribution in [0.4, 0.5) is 9.59 Å². The minimum Gasteiger partial charge on any atom is -0.508 e. The van der Waals surface area contributed by atoms with Gasteiger partial charge in [0.2, 0.25) is 0 Å². The zero-order chi connectivity index (χ0) is 34.1. The van der Waals surface area contributed by atoms with E-state index in [0.29, 0.717) is 12.0 Å². The number of fused-ring (bicyclic) bond motifs is 3. The number of unbranched alkanes of at least 4 members (excludes halogenated alkanes) is 1. The number of alkyl carbamates (subject to hydrolysis) is 1. The maximum Gasteiger partial charge on any atom is 0.425 e. The molecule has 0 bridgehead atoms. The van der Waals surface area contributed by atoms with Gasteiger partial charge in [-0.3, -0.25) is 4.79 Å². The van der Waals surface area contributed by atoms with Crippen molar-refractivity contribution in [2.24, 2.45) is 0 Å². The average Bonchev–Trinajstić information content (AvgIpc) is 3.33. The van der Waals surface area contributed by atoms with Gasteiger partial charge in [-0.15, -0.1) is 0 Å². The van der Waals surface area contributed by atoms with Crippen LogP contribution in [0.1, 0.15) is 62.6 Å². The van der Waals surface area contributed by atoms with E-state index < -0.39 is 41.8 Å². The molecule has 250 valence electrons. The minimum atomic E-state index is -1.49. The van der Waals surface area contributed by atoms with E-state index in [1.807, 2.05) is 48.5 Å². The molecule has 4 rings (SSSR count). The lowest BCUT2D eigenvalue weighted by atomic mass is 9.98. The molecule has 3 aromatic rings. The van der Waals surface area contributed by atoms with Crippen LogP contribution in [-0.2, 0) is 25.5 Å². The summed E-state index contributed by atoms with van der Waals surface area (Å²) in [6.45, 7) is 5.31. The van der Waals surface area contributed by atoms with E-state index in [0.717, 1.165) is 27.3 Å². The van der Waals surface area contributed by atoms with Gasteiger partial charge < -0.3 is 30.1 Å². The van der Waals surface area contributed by atoms with Crippen molar-refractivity contribution in [2.45, 2.75) is 70.1 Å². The van der Waals surface area contributed by atoms with Crippen molar-refractivity contribution in [2.75, 3.05) is 13.2 Å². The summed E-state index contributed by atoms with van der Waals surface area (Å²) in [6.07, 6.45) is -1.17. The number of benzene rings is 3. The van der Waals surface area contributed by atoms with Crippen LogP contribution in [0.5, 0.6) is 5.75 Å². The van der Waals surface area contributed by atoms with Crippen LogP contribution in [0.25, 0.3) is 11.1 Å². The monoisotopic (exact) mass is 647 g/mol. The number of phenolic OH excluding ortho intramolecular Hbond substituents is 1. The molecule has 0 unspecified atom stereocenters. The molecule has 1 aliphatic rings. The number of phenols is 1. The molecule has 0 fully saturated rings. The summed E-state index contributed by atoms with van der Waals surface area (Å²) in [7, 11) is 0. The third-order valence-electron chi connectivity index (χ3n) is 7.67. The summed E-state index contributed by atoms with van der Waals surface area (Å²) in [4.78, 5) is 50.6. The minimum absolute atomic E-state index is 0.000878. The SMILES string of the molecule is CC(C)(C)OC(=O)NCCCC[C@@H](C(=O)O)N(N[C@@H](Cc1ccc(O)cc1)C(=O)O)C(=O)OCC1c2ccccc2-c2ccccc21. The zero-order valence-electron chi connectivity index (χ0n) is 26.6. The molecule has 12 nitrogen and oxygen atoms in total. The molecule has 0 saturated carbocycles. The highest BCUT2D eigenvalue weighted by atomic mass is 16.6. The highest BCUT2D eigenvalue weighted by Gasteiger charge is 2.36. The van der Waals surface area contributed by atoms with Crippen molar-refractivity contribution < 1.29 is 44.0 Å². The number of aliphatic carboxylic acids is 2. The number of carboxylic acid groups (broad SMARTS) is 2. The molecule has 0 radical (unpaired) electrons. The summed E-state index contributed by atoms with van der Waals surface area (Å²) in [5.41, 5.74) is 6.44. The van der Waals surface area contributed by atoms with Crippen LogP contribution in [0, 0.1) is 0 Å². The number of nitrogens with zero attached hydrogens (tertiary/aromatic N) is 1. The number of carbonyl (C=O) groups excluding carboxylic acids is 2. The number of amides is 2. The second-order valence-electron chi connectivity index (χ2n) is 12.3. The van der Waals surface area contributed by atoms with Crippen molar-refractivity contribution in [3.8, 4) is 16.9 Å². The van der Waals surface area contributed by atoms with Crippen molar-refractivity contribution in [1.29, 1.82) is 0 Å². The van der Waals surface area contributed by atoms with E-state index in [2.05, 4.69) is 10.7 Å². The lowest BCUT2D eigenvalue weighted by Crippen LogP contribution is -2.58. The summed E-state index contributed by atoms with van der Waals surface area (Å²) in [5.74, 6) is -2.98. The summed E-state index contributed by atoms with van der Waals surface area (Å²) in [5, 5.41) is 33.3. The third-order valence-corrected chi connectivity index (χ3v) is 7.67. The Morgan fingerprint density at radius 1 is 0.851 bits per heavy atom. The van der Waals surface area contributed by atoms with Gasteiger partial charge >= 0.3 is 24.1 Å². The lowest BCUT2D eigenvalue weighted by Gasteiger charge is -2.31. The Labute approximate surface area is 273 Å². The molecule has 1 aliphatic carbocycles. The van der Waals surface area contributed by atoms with Crippen LogP contribution < -0.4 is 10.7 Å². The Morgan fingerprint density at radius 3 is 2.00 bits per heavy atom. The van der Waals surface area contributed by atoms with Crippen LogP contribution >= 0.6 is 0 Å². The molecule has 12 heteroatoms. The molecule has 3 aromatic carbocycles. The molecule has 0 heterocycles. The molecular weight excluding hydrogens is 606 g/mol. The largest absolute Gasteiger partial charge is 0.508 e. The van der Waals surface area contributed by atoms with Gasteiger partial charge in [0.25, 0.3) is 0 Å². The van der Waals surface area contributed by atoms with Gasteiger partial charge in [-0.1, -0.05) is 60.7 Å². The number of aromatic hydroxyl groups is 1. The zero-order valence-corrected chi connectivity index (χ0v) is 26.6. The van der Waals surface area contributed by atoms with E-state index in [1.54, 1.807) is 20.8 Å². The average molecular weight is 648 g/mol. The number of hydrogen-bond donors (Lipinski definition) is 5. The van der Waals surface area contributed by atoms with Gasteiger partial charge in [-0.2, -0.15) is 0 Å². The quantitative estimate of drug-likeness (QED) is 0.114. The smallest absolute Gasteiger partial charge is 0.425 e. The van der Waals surface area contributed by atoms with Gasteiger partial charge in [0.05, 0.1) is 0 Å². The molecule has 0 aromatic heterocycles. The topological polar surface area (TPSA) is 175 Å². The first-order chi connectivity index (χ1) is 22.3. The highest BCUT2D eigenvalue weighted by molar-refractivity contribution is 5.82. The molecule has 2 atom stereocenters. The Morgan fingerprint density at radius 2 is 1.45 bits per heavy atom. The van der Waals surface area contributed by atoms with E-state index in [9.17, 15) is 34.5 Å². The van der Waals surface area contributed by atoms with Crippen molar-refractivity contribution >= 4 is 24.1 Å². The Balaban J connectivity index is 1.51. The normalized spacial score (nSPS) is 13.5. The standard InChI is InChI=1S/C35H41N3O9/c1-35(2,3)47-33(44)36-19-9-8-14-30(32(42)43)38(37-29(31(40)41)20-22-15-17-23(39)18-16-22)34(45)46-21-28-26-12-6-4-10-24(26)25-11-5-7-13-27(25)28/h4-7,10-13,15-18,28-30,37,39H,8-9,14,19-21H2,1-3H3,(H,36,44)(H,40,41)(H,42,43)/t29-,30-/m0/s1. The number of hydrogen-bond acceptors (Lipinski definition) is 8. The van der Waals surface area contributed by atoms with Crippen molar-refractivity contribution in [3.05, 3.63) is 89.5 Å². The highest BCUT2D eigenvalue weighted by Crippen LogP contribution is 2.44. The molecular formula is C35H41N3O9. The van der Waals surface area contributed by atoms with Crippen LogP contribution in [0.2, 0.25) is 0 Å². The van der Waals surface area contributed by atoms with Gasteiger partial charge in [0.1, 0.15) is 30.0 Å². The predicted octanol–water partition coefficient (Wildman–Crippen LogP) is 5.29. The summed E-state index contributed by atoms with van der Waals surface area (Å²) in [6, 6.07) is 18.5. The van der Waals surface area contributed by atoms with E-state index in [4.69, 9.17) is 9.47 Å². The molecule has 47 heavy (non-hydrogen) atoms.